The second-order valence-electron chi connectivity index (χ2n) is 5.75. The fourth-order valence-electron chi connectivity index (χ4n) is 2.43. The van der Waals surface area contributed by atoms with Crippen LogP contribution in [-0.2, 0) is 22.6 Å². The molecule has 7 nitrogen and oxygen atoms in total. The Hall–Kier alpha value is -2.09. The maximum Gasteiger partial charge on any atom is 0.321 e. The van der Waals surface area contributed by atoms with Gasteiger partial charge in [0.25, 0.3) is 0 Å². The van der Waals surface area contributed by atoms with Crippen LogP contribution in [0.2, 0.25) is 10.0 Å². The summed E-state index contributed by atoms with van der Waals surface area (Å²) in [5.74, 6) is -7.80. The summed E-state index contributed by atoms with van der Waals surface area (Å²) in [4.78, 5) is 28.1. The summed E-state index contributed by atoms with van der Waals surface area (Å²) in [6.07, 6.45) is -1.92. The van der Waals surface area contributed by atoms with E-state index in [9.17, 15) is 19.8 Å². The molecule has 0 amide bonds. The quantitative estimate of drug-likeness (QED) is 0.527. The Bertz CT molecular complexity index is 1140. The average molecular weight is 437 g/mol. The number of carboxylic acids is 2. The van der Waals surface area contributed by atoms with Crippen LogP contribution in [0.4, 0.5) is 0 Å². The number of aromatic nitrogens is 2. The minimum absolute atomic E-state index is 0.113. The van der Waals surface area contributed by atoms with E-state index in [4.69, 9.17) is 35.5 Å². The highest BCUT2D eigenvalue weighted by Gasteiger charge is 2.27. The largest absolute Gasteiger partial charge is 0.480 e. The number of rotatable bonds is 10. The van der Waals surface area contributed by atoms with Crippen molar-refractivity contribution in [2.75, 3.05) is 0 Å². The molecule has 0 aliphatic carbocycles. The molecule has 1 aromatic heterocycles. The molecular formula is C19H23Cl2N3O4. The molecule has 0 bridgehead atoms. The highest BCUT2D eigenvalue weighted by molar-refractivity contribution is 6.34. The van der Waals surface area contributed by atoms with Crippen molar-refractivity contribution in [1.82, 2.24) is 14.9 Å². The monoisotopic (exact) mass is 436 g/mol. The third-order valence-corrected chi connectivity index (χ3v) is 4.01. The van der Waals surface area contributed by atoms with E-state index >= 15 is 0 Å². The van der Waals surface area contributed by atoms with Crippen molar-refractivity contribution in [3.05, 3.63) is 52.0 Å². The van der Waals surface area contributed by atoms with Crippen LogP contribution in [0.5, 0.6) is 0 Å². The van der Waals surface area contributed by atoms with Crippen molar-refractivity contribution >= 4 is 35.1 Å². The number of nitrogens with zero attached hydrogens (tertiary/aromatic N) is 2. The zero-order chi connectivity index (χ0) is 28.6. The Labute approximate surface area is 185 Å². The first-order chi connectivity index (χ1) is 16.8. The maximum atomic E-state index is 12.1. The second-order valence-corrected chi connectivity index (χ2v) is 6.62. The number of carboxylic acid groups (broad SMARTS) is 2. The van der Waals surface area contributed by atoms with Crippen LogP contribution >= 0.6 is 23.2 Å². The number of halogens is 2. The van der Waals surface area contributed by atoms with Crippen molar-refractivity contribution in [2.45, 2.75) is 45.1 Å². The lowest BCUT2D eigenvalue weighted by atomic mass is 10.0. The molecule has 0 fully saturated rings. The number of hydrogen-bond acceptors (Lipinski definition) is 4. The Balaban J connectivity index is 2.47. The molecule has 0 saturated heterocycles. The highest BCUT2D eigenvalue weighted by Crippen LogP contribution is 2.20. The zero-order valence-corrected chi connectivity index (χ0v) is 15.8. The first-order valence-corrected chi connectivity index (χ1v) is 8.56. The SMILES string of the molecule is [2H]C([2H])C([2H])(C([2H])([2H])[2H])C([2H])([2H])[C@]([2H])(N[C@@H](Cc1cncn1Cc1cc(Cl)cc(Cl)c1)C(=O)O)C(=O)O. The van der Waals surface area contributed by atoms with Crippen molar-refractivity contribution in [3.8, 4) is 0 Å². The Morgan fingerprint density at radius 1 is 1.32 bits per heavy atom. The summed E-state index contributed by atoms with van der Waals surface area (Å²) < 4.78 is 71.7. The number of nitrogens with one attached hydrogen (secondary N) is 1. The molecule has 0 saturated carbocycles. The third-order valence-electron chi connectivity index (χ3n) is 3.58. The minimum Gasteiger partial charge on any atom is -0.480 e. The van der Waals surface area contributed by atoms with E-state index in [-0.39, 0.29) is 12.2 Å². The number of benzene rings is 1. The summed E-state index contributed by atoms with van der Waals surface area (Å²) >= 11 is 12.0. The molecule has 28 heavy (non-hydrogen) atoms. The Morgan fingerprint density at radius 2 is 2.04 bits per heavy atom. The fourth-order valence-corrected chi connectivity index (χ4v) is 3.00. The number of imidazole rings is 1. The van der Waals surface area contributed by atoms with Gasteiger partial charge in [-0.05, 0) is 36.0 Å². The third kappa shape index (κ3) is 6.51. The predicted molar refractivity (Wildman–Crippen MR) is 107 cm³/mol. The fraction of sp³-hybridized carbons (Fsp3) is 0.421. The van der Waals surface area contributed by atoms with Gasteiger partial charge in [0.2, 0.25) is 0 Å². The number of carbonyl (C=O) groups is 2. The maximum absolute atomic E-state index is 12.1. The molecule has 0 aliphatic heterocycles. The van der Waals surface area contributed by atoms with Crippen molar-refractivity contribution in [3.63, 3.8) is 0 Å². The van der Waals surface area contributed by atoms with Crippen LogP contribution in [0.3, 0.4) is 0 Å². The lowest BCUT2D eigenvalue weighted by molar-refractivity contribution is -0.142. The minimum atomic E-state index is -3.96. The van der Waals surface area contributed by atoms with Gasteiger partial charge in [0.1, 0.15) is 12.1 Å². The van der Waals surface area contributed by atoms with Gasteiger partial charge in [-0.3, -0.25) is 14.9 Å². The standard InChI is InChI=1S/C19H23Cl2N3O4/c1-11(2)3-16(18(25)26)23-17(19(27)28)7-15-8-22-10-24(15)9-12-4-13(20)6-14(21)5-12/h4-6,8,10-11,16-17,23H,3,7,9H2,1-2H3,(H,25,26)(H,27,28)/t16-,17-/m0/s1/i1D2,2D3,3D2,11D,16D/t11?,16-,17-. The zero-order valence-electron chi connectivity index (χ0n) is 23.3. The molecule has 3 N–H and O–H groups in total. The van der Waals surface area contributed by atoms with E-state index in [2.05, 4.69) is 4.98 Å². The topological polar surface area (TPSA) is 104 Å². The van der Waals surface area contributed by atoms with Gasteiger partial charge in [0.15, 0.2) is 0 Å². The van der Waals surface area contributed by atoms with Gasteiger partial charge in [0.05, 0.1) is 7.70 Å². The van der Waals surface area contributed by atoms with Gasteiger partial charge in [0, 0.05) is 45.9 Å². The first kappa shape index (κ1) is 12.5. The van der Waals surface area contributed by atoms with Crippen LogP contribution in [0, 0.1) is 5.89 Å². The lowest BCUT2D eigenvalue weighted by Gasteiger charge is -2.22. The van der Waals surface area contributed by atoms with Crippen LogP contribution in [-0.4, -0.2) is 43.8 Å². The van der Waals surface area contributed by atoms with Crippen LogP contribution in [0.15, 0.2) is 30.7 Å². The average Bonchev–Trinajstić information content (AvgIpc) is 3.16. The predicted octanol–water partition coefficient (Wildman–Crippen LogP) is 3.32. The highest BCUT2D eigenvalue weighted by atomic mass is 35.5. The van der Waals surface area contributed by atoms with E-state index < -0.39 is 56.4 Å². The van der Waals surface area contributed by atoms with Crippen LogP contribution in [0.1, 0.15) is 43.7 Å². The van der Waals surface area contributed by atoms with Crippen molar-refractivity contribution < 1.29 is 32.1 Å². The first-order valence-electron chi connectivity index (χ1n) is 12.5. The van der Waals surface area contributed by atoms with E-state index in [1.54, 1.807) is 12.1 Å². The smallest absolute Gasteiger partial charge is 0.321 e. The van der Waals surface area contributed by atoms with E-state index in [0.29, 0.717) is 15.6 Å². The van der Waals surface area contributed by atoms with Crippen molar-refractivity contribution in [2.24, 2.45) is 5.89 Å². The summed E-state index contributed by atoms with van der Waals surface area (Å²) in [5.41, 5.74) is 0.818. The van der Waals surface area contributed by atoms with Crippen molar-refractivity contribution in [1.29, 1.82) is 0 Å². The van der Waals surface area contributed by atoms with Gasteiger partial charge in [-0.1, -0.05) is 36.9 Å². The van der Waals surface area contributed by atoms with E-state index in [1.165, 1.54) is 23.2 Å². The van der Waals surface area contributed by atoms with E-state index in [1.807, 2.05) is 5.32 Å². The molecular weight excluding hydrogens is 405 g/mol. The molecule has 9 heteroatoms. The Morgan fingerprint density at radius 3 is 2.61 bits per heavy atom. The molecule has 152 valence electrons. The second kappa shape index (κ2) is 9.91. The van der Waals surface area contributed by atoms with Gasteiger partial charge in [-0.2, -0.15) is 0 Å². The Kier molecular flexibility index (Phi) is 4.41. The molecule has 0 radical (unpaired) electrons. The summed E-state index contributed by atoms with van der Waals surface area (Å²) in [7, 11) is 0. The molecule has 2 rings (SSSR count). The van der Waals surface area contributed by atoms with Gasteiger partial charge in [-0.25, -0.2) is 4.98 Å². The summed E-state index contributed by atoms with van der Waals surface area (Å²) in [6, 6.07) is -1.06. The molecule has 2 aromatic rings. The molecule has 0 aliphatic rings. The molecule has 3 atom stereocenters. The lowest BCUT2D eigenvalue weighted by Crippen LogP contribution is -2.49. The van der Waals surface area contributed by atoms with Crippen LogP contribution < -0.4 is 5.32 Å². The van der Waals surface area contributed by atoms with Gasteiger partial charge < -0.3 is 14.8 Å². The molecule has 0 spiro atoms. The molecule has 1 unspecified atom stereocenters. The van der Waals surface area contributed by atoms with E-state index in [0.717, 1.165) is 0 Å². The van der Waals surface area contributed by atoms with Crippen LogP contribution in [0.25, 0.3) is 0 Å². The molecule has 1 heterocycles. The number of hydrogen-bond donors (Lipinski definition) is 3. The summed E-state index contributed by atoms with van der Waals surface area (Å²) in [6.45, 7) is -6.37. The van der Waals surface area contributed by atoms with Gasteiger partial charge >= 0.3 is 11.9 Å². The number of aliphatic carboxylic acids is 2. The normalized spacial score (nSPS) is 22.5. The summed E-state index contributed by atoms with van der Waals surface area (Å²) in [5, 5.41) is 22.0. The van der Waals surface area contributed by atoms with Gasteiger partial charge in [-0.15, -0.1) is 0 Å². The molecule has 1 aromatic carbocycles.